The number of ether oxygens (including phenoxy) is 1. The van der Waals surface area contributed by atoms with Gasteiger partial charge in [-0.1, -0.05) is 27.5 Å². The quantitative estimate of drug-likeness (QED) is 0.139. The SMILES string of the molecule is N#C/C(=C\c1cc(Br)cc(Br)c1OCc1ccc([N+](=O)[O-])cc1)C(=O)Nc1ccc(Cl)cc1. The van der Waals surface area contributed by atoms with E-state index in [4.69, 9.17) is 16.3 Å². The van der Waals surface area contributed by atoms with Crippen molar-refractivity contribution in [1.29, 1.82) is 5.26 Å². The minimum absolute atomic E-state index is 0.0162. The van der Waals surface area contributed by atoms with Crippen LogP contribution >= 0.6 is 43.5 Å². The number of amides is 1. The van der Waals surface area contributed by atoms with E-state index in [0.29, 0.717) is 36.5 Å². The molecule has 3 rings (SSSR count). The topological polar surface area (TPSA) is 105 Å². The summed E-state index contributed by atoms with van der Waals surface area (Å²) < 4.78 is 7.23. The highest BCUT2D eigenvalue weighted by Crippen LogP contribution is 2.35. The zero-order valence-corrected chi connectivity index (χ0v) is 20.6. The number of carbonyl (C=O) groups is 1. The Kier molecular flexibility index (Phi) is 8.22. The molecule has 0 radical (unpaired) electrons. The number of rotatable bonds is 7. The Hall–Kier alpha value is -3.19. The van der Waals surface area contributed by atoms with Crippen molar-refractivity contribution in [2.45, 2.75) is 6.61 Å². The second-order valence-corrected chi connectivity index (χ2v) is 8.86. The van der Waals surface area contributed by atoms with Crippen LogP contribution in [0.3, 0.4) is 0 Å². The summed E-state index contributed by atoms with van der Waals surface area (Å²) in [6.45, 7) is 0.123. The number of halogens is 3. The van der Waals surface area contributed by atoms with E-state index in [1.54, 1.807) is 48.5 Å². The number of hydrogen-bond acceptors (Lipinski definition) is 5. The molecule has 166 valence electrons. The Morgan fingerprint density at radius 3 is 2.42 bits per heavy atom. The molecule has 0 unspecified atom stereocenters. The lowest BCUT2D eigenvalue weighted by molar-refractivity contribution is -0.384. The van der Waals surface area contributed by atoms with Crippen LogP contribution in [0, 0.1) is 21.4 Å². The van der Waals surface area contributed by atoms with E-state index in [-0.39, 0.29) is 17.9 Å². The van der Waals surface area contributed by atoms with E-state index in [1.165, 1.54) is 18.2 Å². The second-order valence-electron chi connectivity index (χ2n) is 6.65. The van der Waals surface area contributed by atoms with Gasteiger partial charge in [0.25, 0.3) is 11.6 Å². The predicted molar refractivity (Wildman–Crippen MR) is 133 cm³/mol. The van der Waals surface area contributed by atoms with Crippen molar-refractivity contribution in [3.63, 3.8) is 0 Å². The third-order valence-electron chi connectivity index (χ3n) is 4.33. The monoisotopic (exact) mass is 589 g/mol. The molecule has 33 heavy (non-hydrogen) atoms. The summed E-state index contributed by atoms with van der Waals surface area (Å²) in [6.07, 6.45) is 1.42. The number of carbonyl (C=O) groups excluding carboxylic acids is 1. The van der Waals surface area contributed by atoms with Gasteiger partial charge in [0.2, 0.25) is 0 Å². The molecule has 0 aromatic heterocycles. The van der Waals surface area contributed by atoms with Crippen LogP contribution in [0.4, 0.5) is 11.4 Å². The predicted octanol–water partition coefficient (Wildman–Crippen LogP) is 6.90. The molecule has 0 bridgehead atoms. The molecule has 0 fully saturated rings. The van der Waals surface area contributed by atoms with Crippen molar-refractivity contribution in [2.75, 3.05) is 5.32 Å². The van der Waals surface area contributed by atoms with Crippen molar-refractivity contribution in [1.82, 2.24) is 0 Å². The Bertz CT molecular complexity index is 1270. The second kappa shape index (κ2) is 11.1. The van der Waals surface area contributed by atoms with Crippen LogP contribution in [0.15, 0.2) is 75.2 Å². The number of nitro benzene ring substituents is 1. The highest BCUT2D eigenvalue weighted by molar-refractivity contribution is 9.11. The van der Waals surface area contributed by atoms with Gasteiger partial charge < -0.3 is 10.1 Å². The van der Waals surface area contributed by atoms with E-state index in [1.807, 2.05) is 6.07 Å². The molecular weight excluding hydrogens is 578 g/mol. The summed E-state index contributed by atoms with van der Waals surface area (Å²) >= 11 is 12.7. The first kappa shape index (κ1) is 24.5. The fourth-order valence-corrected chi connectivity index (χ4v) is 4.24. The van der Waals surface area contributed by atoms with Crippen LogP contribution < -0.4 is 10.1 Å². The van der Waals surface area contributed by atoms with E-state index in [2.05, 4.69) is 37.2 Å². The van der Waals surface area contributed by atoms with Gasteiger partial charge in [0.1, 0.15) is 24.0 Å². The maximum atomic E-state index is 12.6. The molecule has 0 aliphatic heterocycles. The van der Waals surface area contributed by atoms with Gasteiger partial charge in [-0.25, -0.2) is 0 Å². The molecule has 1 N–H and O–H groups in total. The van der Waals surface area contributed by atoms with Gasteiger partial charge in [-0.3, -0.25) is 14.9 Å². The summed E-state index contributed by atoms with van der Waals surface area (Å²) in [5.74, 6) is -0.180. The van der Waals surface area contributed by atoms with Crippen LogP contribution in [-0.2, 0) is 11.4 Å². The number of nitrogens with zero attached hydrogens (tertiary/aromatic N) is 2. The van der Waals surface area contributed by atoms with Gasteiger partial charge in [-0.2, -0.15) is 5.26 Å². The molecular formula is C23H14Br2ClN3O4. The molecule has 1 amide bonds. The first-order chi connectivity index (χ1) is 15.8. The molecule has 10 heteroatoms. The van der Waals surface area contributed by atoms with Crippen LogP contribution in [0.5, 0.6) is 5.75 Å². The van der Waals surface area contributed by atoms with Gasteiger partial charge in [-0.15, -0.1) is 0 Å². The third-order valence-corrected chi connectivity index (χ3v) is 5.63. The van der Waals surface area contributed by atoms with E-state index in [9.17, 15) is 20.2 Å². The van der Waals surface area contributed by atoms with Crippen molar-refractivity contribution in [3.8, 4) is 11.8 Å². The molecule has 7 nitrogen and oxygen atoms in total. The summed E-state index contributed by atoms with van der Waals surface area (Å²) in [5, 5.41) is 23.6. The lowest BCUT2D eigenvalue weighted by Crippen LogP contribution is -2.13. The van der Waals surface area contributed by atoms with Crippen LogP contribution in [-0.4, -0.2) is 10.8 Å². The largest absolute Gasteiger partial charge is 0.487 e. The molecule has 0 saturated heterocycles. The van der Waals surface area contributed by atoms with E-state index < -0.39 is 10.8 Å². The Morgan fingerprint density at radius 1 is 1.15 bits per heavy atom. The Balaban J connectivity index is 1.85. The standard InChI is InChI=1S/C23H14Br2ClN3O4/c24-17-10-15(9-16(12-27)23(30)28-19-5-3-18(26)4-6-19)22(21(25)11-17)33-13-14-1-7-20(8-2-14)29(31)32/h1-11H,13H2,(H,28,30)/b16-9+. The minimum atomic E-state index is -0.586. The van der Waals surface area contributed by atoms with Gasteiger partial charge in [0, 0.05) is 32.9 Å². The number of non-ortho nitro benzene ring substituents is 1. The zero-order valence-electron chi connectivity index (χ0n) is 16.7. The number of anilines is 1. The average molecular weight is 592 g/mol. The highest BCUT2D eigenvalue weighted by atomic mass is 79.9. The van der Waals surface area contributed by atoms with Crippen molar-refractivity contribution in [3.05, 3.63) is 101 Å². The van der Waals surface area contributed by atoms with Crippen molar-refractivity contribution in [2.24, 2.45) is 0 Å². The summed E-state index contributed by atoms with van der Waals surface area (Å²) in [6, 6.07) is 17.9. The average Bonchev–Trinajstić information content (AvgIpc) is 2.78. The molecule has 3 aromatic rings. The lowest BCUT2D eigenvalue weighted by Gasteiger charge is -2.13. The number of nitro groups is 1. The van der Waals surface area contributed by atoms with Gasteiger partial charge in [-0.05, 0) is 76.1 Å². The van der Waals surface area contributed by atoms with Crippen molar-refractivity contribution < 1.29 is 14.5 Å². The Labute approximate surface area is 211 Å². The Morgan fingerprint density at radius 2 is 1.82 bits per heavy atom. The van der Waals surface area contributed by atoms with Crippen LogP contribution in [0.2, 0.25) is 5.02 Å². The summed E-state index contributed by atoms with van der Waals surface area (Å²) in [4.78, 5) is 23.0. The first-order valence-corrected chi connectivity index (χ1v) is 11.3. The summed E-state index contributed by atoms with van der Waals surface area (Å²) in [5.41, 5.74) is 1.55. The number of hydrogen-bond donors (Lipinski definition) is 1. The maximum Gasteiger partial charge on any atom is 0.269 e. The van der Waals surface area contributed by atoms with Gasteiger partial charge >= 0.3 is 0 Å². The lowest BCUT2D eigenvalue weighted by atomic mass is 10.1. The third kappa shape index (κ3) is 6.65. The van der Waals surface area contributed by atoms with Crippen LogP contribution in [0.1, 0.15) is 11.1 Å². The fourth-order valence-electron chi connectivity index (χ4n) is 2.74. The minimum Gasteiger partial charge on any atom is -0.487 e. The van der Waals surface area contributed by atoms with E-state index >= 15 is 0 Å². The van der Waals surface area contributed by atoms with Gasteiger partial charge in [0.15, 0.2) is 0 Å². The number of nitriles is 1. The zero-order chi connectivity index (χ0) is 24.0. The van der Waals surface area contributed by atoms with Gasteiger partial charge in [0.05, 0.1) is 9.40 Å². The molecule has 3 aromatic carbocycles. The smallest absolute Gasteiger partial charge is 0.269 e. The number of nitrogens with one attached hydrogen (secondary N) is 1. The van der Waals surface area contributed by atoms with Crippen LogP contribution in [0.25, 0.3) is 6.08 Å². The van der Waals surface area contributed by atoms with E-state index in [0.717, 1.165) is 0 Å². The van der Waals surface area contributed by atoms with Crippen molar-refractivity contribution >= 4 is 66.8 Å². The molecule has 0 aliphatic rings. The molecule has 0 heterocycles. The molecule has 0 saturated carbocycles. The maximum absolute atomic E-state index is 12.6. The highest BCUT2D eigenvalue weighted by Gasteiger charge is 2.15. The summed E-state index contributed by atoms with van der Waals surface area (Å²) in [7, 11) is 0. The molecule has 0 aliphatic carbocycles. The molecule has 0 spiro atoms. The normalized spacial score (nSPS) is 10.9. The number of benzene rings is 3. The first-order valence-electron chi connectivity index (χ1n) is 9.30. The fraction of sp³-hybridized carbons (Fsp3) is 0.0435. The molecule has 0 atom stereocenters.